The summed E-state index contributed by atoms with van der Waals surface area (Å²) in [5.41, 5.74) is 1.29. The lowest BCUT2D eigenvalue weighted by atomic mass is 10.2. The number of carbonyl (C=O) groups excluding carboxylic acids is 1. The zero-order valence-corrected chi connectivity index (χ0v) is 10.1. The van der Waals surface area contributed by atoms with Gasteiger partial charge in [0.05, 0.1) is 29.9 Å². The number of aromatic nitrogens is 1. The molecule has 1 N–H and O–H groups in total. The van der Waals surface area contributed by atoms with Crippen LogP contribution in [0.2, 0.25) is 0 Å². The molecule has 90 valence electrons. The summed E-state index contributed by atoms with van der Waals surface area (Å²) in [6.07, 6.45) is 3.55. The van der Waals surface area contributed by atoms with Gasteiger partial charge in [0.25, 0.3) is 5.91 Å². The molecule has 0 bridgehead atoms. The van der Waals surface area contributed by atoms with Gasteiger partial charge in [-0.25, -0.2) is 0 Å². The first kappa shape index (κ1) is 13.0. The third-order valence-corrected chi connectivity index (χ3v) is 2.48. The summed E-state index contributed by atoms with van der Waals surface area (Å²) in [7, 11) is 1.75. The fourth-order valence-electron chi connectivity index (χ4n) is 1.54. The molecule has 1 aromatic rings. The largest absolute Gasteiger partial charge is 0.386 e. The molecule has 1 aromatic heterocycles. The molecule has 17 heavy (non-hydrogen) atoms. The van der Waals surface area contributed by atoms with E-state index in [1.54, 1.807) is 30.4 Å². The topological polar surface area (TPSA) is 69.0 Å². The van der Waals surface area contributed by atoms with Crippen LogP contribution in [0.5, 0.6) is 0 Å². The van der Waals surface area contributed by atoms with Crippen LogP contribution >= 0.6 is 0 Å². The van der Waals surface area contributed by atoms with Crippen molar-refractivity contribution in [2.24, 2.45) is 0 Å². The third kappa shape index (κ3) is 3.18. The fraction of sp³-hybridized carbons (Fsp3) is 0.417. The van der Waals surface area contributed by atoms with Crippen molar-refractivity contribution in [2.75, 3.05) is 25.5 Å². The standard InChI is InChI=1S/C12H16N4O/c1-3-16(8-4-6-13)12(17)10-5-7-15-9-11(10)14-2/h5,7,9,14H,3-4,8H2,1-2H3. The molecule has 1 heterocycles. The van der Waals surface area contributed by atoms with Gasteiger partial charge in [-0.05, 0) is 13.0 Å². The maximum atomic E-state index is 12.2. The van der Waals surface area contributed by atoms with Gasteiger partial charge in [0.15, 0.2) is 0 Å². The van der Waals surface area contributed by atoms with Crippen molar-refractivity contribution in [3.8, 4) is 6.07 Å². The van der Waals surface area contributed by atoms with Gasteiger partial charge < -0.3 is 10.2 Å². The van der Waals surface area contributed by atoms with Gasteiger partial charge in [0, 0.05) is 26.3 Å². The Morgan fingerprint density at radius 2 is 2.41 bits per heavy atom. The zero-order chi connectivity index (χ0) is 12.7. The lowest BCUT2D eigenvalue weighted by molar-refractivity contribution is 0.0768. The Hall–Kier alpha value is -2.09. The van der Waals surface area contributed by atoms with Crippen molar-refractivity contribution < 1.29 is 4.79 Å². The van der Waals surface area contributed by atoms with E-state index in [1.165, 1.54) is 0 Å². The molecule has 1 rings (SSSR count). The minimum Gasteiger partial charge on any atom is -0.386 e. The molecule has 0 atom stereocenters. The van der Waals surface area contributed by atoms with E-state index in [0.717, 1.165) is 0 Å². The number of hydrogen-bond donors (Lipinski definition) is 1. The first-order chi connectivity index (χ1) is 8.24. The average Bonchev–Trinajstić information content (AvgIpc) is 2.39. The second kappa shape index (κ2) is 6.48. The molecule has 0 radical (unpaired) electrons. The molecular formula is C12H16N4O. The molecule has 0 saturated carbocycles. The molecular weight excluding hydrogens is 216 g/mol. The summed E-state index contributed by atoms with van der Waals surface area (Å²) in [5.74, 6) is -0.0745. The van der Waals surface area contributed by atoms with Gasteiger partial charge in [-0.2, -0.15) is 5.26 Å². The van der Waals surface area contributed by atoms with Crippen LogP contribution in [0.3, 0.4) is 0 Å². The predicted molar refractivity (Wildman–Crippen MR) is 65.6 cm³/mol. The SMILES string of the molecule is CCN(CCC#N)C(=O)c1ccncc1NC. The molecule has 0 aliphatic carbocycles. The Kier molecular flexibility index (Phi) is 4.95. The summed E-state index contributed by atoms with van der Waals surface area (Å²) in [6.45, 7) is 2.94. The van der Waals surface area contributed by atoms with Crippen molar-refractivity contribution in [3.05, 3.63) is 24.0 Å². The molecule has 0 aliphatic heterocycles. The summed E-state index contributed by atoms with van der Waals surface area (Å²) >= 11 is 0. The molecule has 5 heteroatoms. The second-order valence-corrected chi connectivity index (χ2v) is 3.46. The summed E-state index contributed by atoms with van der Waals surface area (Å²) in [4.78, 5) is 17.8. The van der Waals surface area contributed by atoms with Gasteiger partial charge in [-0.15, -0.1) is 0 Å². The molecule has 0 unspecified atom stereocenters. The van der Waals surface area contributed by atoms with Gasteiger partial charge in [0.1, 0.15) is 0 Å². The highest BCUT2D eigenvalue weighted by Crippen LogP contribution is 2.15. The van der Waals surface area contributed by atoms with Crippen LogP contribution in [0.25, 0.3) is 0 Å². The van der Waals surface area contributed by atoms with Crippen LogP contribution in [0, 0.1) is 11.3 Å². The van der Waals surface area contributed by atoms with E-state index >= 15 is 0 Å². The summed E-state index contributed by atoms with van der Waals surface area (Å²) in [5, 5.41) is 11.5. The number of nitrogens with zero attached hydrogens (tertiary/aromatic N) is 3. The lowest BCUT2D eigenvalue weighted by Gasteiger charge is -2.20. The van der Waals surface area contributed by atoms with Gasteiger partial charge >= 0.3 is 0 Å². The zero-order valence-electron chi connectivity index (χ0n) is 10.1. The Bertz CT molecular complexity index is 425. The number of pyridine rings is 1. The van der Waals surface area contributed by atoms with Crippen LogP contribution in [0.1, 0.15) is 23.7 Å². The third-order valence-electron chi connectivity index (χ3n) is 2.48. The van der Waals surface area contributed by atoms with E-state index < -0.39 is 0 Å². The Morgan fingerprint density at radius 1 is 1.65 bits per heavy atom. The van der Waals surface area contributed by atoms with Gasteiger partial charge in [-0.1, -0.05) is 0 Å². The number of nitrogens with one attached hydrogen (secondary N) is 1. The van der Waals surface area contributed by atoms with Crippen molar-refractivity contribution in [1.82, 2.24) is 9.88 Å². The van der Waals surface area contributed by atoms with Gasteiger partial charge in [-0.3, -0.25) is 9.78 Å². The number of nitriles is 1. The van der Waals surface area contributed by atoms with E-state index in [-0.39, 0.29) is 5.91 Å². The van der Waals surface area contributed by atoms with E-state index in [2.05, 4.69) is 10.3 Å². The molecule has 0 aromatic carbocycles. The van der Waals surface area contributed by atoms with Gasteiger partial charge in [0.2, 0.25) is 0 Å². The molecule has 0 spiro atoms. The second-order valence-electron chi connectivity index (χ2n) is 3.46. The summed E-state index contributed by atoms with van der Waals surface area (Å²) in [6, 6.07) is 3.73. The smallest absolute Gasteiger partial charge is 0.256 e. The Balaban J connectivity index is 2.90. The maximum Gasteiger partial charge on any atom is 0.256 e. The lowest BCUT2D eigenvalue weighted by Crippen LogP contribution is -2.32. The van der Waals surface area contributed by atoms with Crippen LogP contribution in [-0.2, 0) is 0 Å². The van der Waals surface area contributed by atoms with E-state index in [0.29, 0.717) is 30.8 Å². The van der Waals surface area contributed by atoms with E-state index in [4.69, 9.17) is 5.26 Å². The first-order valence-electron chi connectivity index (χ1n) is 5.52. The van der Waals surface area contributed by atoms with E-state index in [9.17, 15) is 4.79 Å². The van der Waals surface area contributed by atoms with Crippen molar-refractivity contribution in [3.63, 3.8) is 0 Å². The normalized spacial score (nSPS) is 9.47. The number of carbonyl (C=O) groups is 1. The molecule has 1 amide bonds. The predicted octanol–water partition coefficient (Wildman–Crippen LogP) is 1.50. The Labute approximate surface area is 101 Å². The molecule has 0 aliphatic rings. The first-order valence-corrected chi connectivity index (χ1v) is 5.52. The van der Waals surface area contributed by atoms with Crippen LogP contribution in [0.4, 0.5) is 5.69 Å². The van der Waals surface area contributed by atoms with Crippen molar-refractivity contribution in [1.29, 1.82) is 5.26 Å². The van der Waals surface area contributed by atoms with Crippen LogP contribution in [-0.4, -0.2) is 35.9 Å². The summed E-state index contributed by atoms with van der Waals surface area (Å²) < 4.78 is 0. The minimum absolute atomic E-state index is 0.0745. The van der Waals surface area contributed by atoms with Crippen molar-refractivity contribution in [2.45, 2.75) is 13.3 Å². The average molecular weight is 232 g/mol. The molecule has 0 fully saturated rings. The minimum atomic E-state index is -0.0745. The Morgan fingerprint density at radius 3 is 3.00 bits per heavy atom. The van der Waals surface area contributed by atoms with Crippen molar-refractivity contribution >= 4 is 11.6 Å². The fourth-order valence-corrected chi connectivity index (χ4v) is 1.54. The highest BCUT2D eigenvalue weighted by Gasteiger charge is 2.16. The van der Waals surface area contributed by atoms with Crippen LogP contribution < -0.4 is 5.32 Å². The number of rotatable bonds is 5. The monoisotopic (exact) mass is 232 g/mol. The maximum absolute atomic E-state index is 12.2. The molecule has 0 saturated heterocycles. The van der Waals surface area contributed by atoms with Crippen LogP contribution in [0.15, 0.2) is 18.5 Å². The highest BCUT2D eigenvalue weighted by atomic mass is 16.2. The number of anilines is 1. The highest BCUT2D eigenvalue weighted by molar-refractivity contribution is 5.99. The molecule has 5 nitrogen and oxygen atoms in total. The number of hydrogen-bond acceptors (Lipinski definition) is 4. The van der Waals surface area contributed by atoms with E-state index in [1.807, 2.05) is 13.0 Å². The number of amides is 1. The quantitative estimate of drug-likeness (QED) is 0.835.